The van der Waals surface area contributed by atoms with Crippen LogP contribution < -0.4 is 10.6 Å². The van der Waals surface area contributed by atoms with E-state index in [-0.39, 0.29) is 16.7 Å². The Bertz CT molecular complexity index is 582. The number of carbonyl (C=O) groups excluding carboxylic acids is 1. The summed E-state index contributed by atoms with van der Waals surface area (Å²) in [5.74, 6) is -0.232. The Balaban J connectivity index is 2.23. The molecule has 0 bridgehead atoms. The predicted octanol–water partition coefficient (Wildman–Crippen LogP) is 0.901. The minimum absolute atomic E-state index is 0.0806. The van der Waals surface area contributed by atoms with E-state index in [0.29, 0.717) is 23.8 Å². The van der Waals surface area contributed by atoms with E-state index in [4.69, 9.17) is 11.6 Å². The molecule has 0 radical (unpaired) electrons. The summed E-state index contributed by atoms with van der Waals surface area (Å²) < 4.78 is 22.8. The van der Waals surface area contributed by atoms with Crippen molar-refractivity contribution in [3.8, 4) is 0 Å². The zero-order chi connectivity index (χ0) is 13.3. The summed E-state index contributed by atoms with van der Waals surface area (Å²) in [5.41, 5.74) is 0.330. The van der Waals surface area contributed by atoms with Crippen molar-refractivity contribution < 1.29 is 13.2 Å². The molecule has 0 unspecified atom stereocenters. The van der Waals surface area contributed by atoms with Gasteiger partial charge in [0.1, 0.15) is 0 Å². The molecule has 2 N–H and O–H groups in total. The van der Waals surface area contributed by atoms with Crippen LogP contribution in [-0.2, 0) is 14.6 Å². The lowest BCUT2D eigenvalue weighted by molar-refractivity contribution is -0.121. The van der Waals surface area contributed by atoms with Gasteiger partial charge in [-0.25, -0.2) is 8.42 Å². The van der Waals surface area contributed by atoms with Crippen LogP contribution in [0.2, 0.25) is 5.02 Å². The molecule has 1 fully saturated rings. The fraction of sp³-hybridized carbons (Fsp3) is 0.364. The van der Waals surface area contributed by atoms with E-state index in [1.165, 1.54) is 18.2 Å². The number of rotatable bonds is 3. The fourth-order valence-corrected chi connectivity index (χ4v) is 2.35. The van der Waals surface area contributed by atoms with Gasteiger partial charge in [0.05, 0.1) is 21.5 Å². The van der Waals surface area contributed by atoms with Gasteiger partial charge in [-0.1, -0.05) is 11.6 Å². The van der Waals surface area contributed by atoms with E-state index in [9.17, 15) is 13.2 Å². The number of halogens is 1. The monoisotopic (exact) mass is 288 g/mol. The number of carbonyl (C=O) groups is 1. The van der Waals surface area contributed by atoms with Crippen molar-refractivity contribution in [2.24, 2.45) is 5.92 Å². The number of hydrogen-bond donors (Lipinski definition) is 2. The number of hydrogen-bond acceptors (Lipinski definition) is 4. The lowest BCUT2D eigenvalue weighted by Gasteiger charge is -2.26. The predicted molar refractivity (Wildman–Crippen MR) is 69.6 cm³/mol. The molecule has 1 aromatic carbocycles. The molecule has 5 nitrogen and oxygen atoms in total. The molecular weight excluding hydrogens is 276 g/mol. The van der Waals surface area contributed by atoms with Crippen molar-refractivity contribution in [1.29, 1.82) is 0 Å². The summed E-state index contributed by atoms with van der Waals surface area (Å²) in [6, 6.07) is 4.26. The van der Waals surface area contributed by atoms with Crippen LogP contribution in [0.25, 0.3) is 0 Å². The normalized spacial score (nSPS) is 16.1. The zero-order valence-corrected chi connectivity index (χ0v) is 11.3. The molecule has 1 aliphatic heterocycles. The van der Waals surface area contributed by atoms with Crippen molar-refractivity contribution in [1.82, 2.24) is 5.32 Å². The quantitative estimate of drug-likeness (QED) is 0.867. The molecule has 0 saturated carbocycles. The number of anilines is 1. The Morgan fingerprint density at radius 1 is 1.44 bits per heavy atom. The Kier molecular flexibility index (Phi) is 3.61. The van der Waals surface area contributed by atoms with Crippen LogP contribution in [-0.4, -0.2) is 33.7 Å². The molecule has 1 aromatic rings. The first kappa shape index (κ1) is 13.3. The first-order valence-electron chi connectivity index (χ1n) is 5.39. The highest BCUT2D eigenvalue weighted by Crippen LogP contribution is 2.26. The number of amides is 1. The standard InChI is InChI=1S/C11H13ClN2O3S/c1-18(16,17)8-2-3-9(12)10(4-8)14-11(15)7-5-13-6-7/h2-4,7,13H,5-6H2,1H3,(H,14,15). The number of benzene rings is 1. The van der Waals surface area contributed by atoms with E-state index in [1.807, 2.05) is 0 Å². The topological polar surface area (TPSA) is 75.3 Å². The molecular formula is C11H13ClN2O3S. The van der Waals surface area contributed by atoms with Crippen molar-refractivity contribution in [2.45, 2.75) is 4.90 Å². The summed E-state index contributed by atoms with van der Waals surface area (Å²) in [7, 11) is -3.31. The molecule has 7 heteroatoms. The highest BCUT2D eigenvalue weighted by Gasteiger charge is 2.25. The average Bonchev–Trinajstić information content (AvgIpc) is 2.16. The second-order valence-electron chi connectivity index (χ2n) is 4.26. The summed E-state index contributed by atoms with van der Waals surface area (Å²) in [6.45, 7) is 1.27. The second kappa shape index (κ2) is 4.87. The van der Waals surface area contributed by atoms with Crippen molar-refractivity contribution in [3.63, 3.8) is 0 Å². The maximum Gasteiger partial charge on any atom is 0.230 e. The van der Waals surface area contributed by atoms with E-state index in [2.05, 4.69) is 10.6 Å². The van der Waals surface area contributed by atoms with Gasteiger partial charge < -0.3 is 10.6 Å². The molecule has 0 spiro atoms. The van der Waals surface area contributed by atoms with E-state index in [1.54, 1.807) is 0 Å². The molecule has 1 heterocycles. The molecule has 0 aliphatic carbocycles. The molecule has 1 saturated heterocycles. The fourth-order valence-electron chi connectivity index (χ4n) is 1.54. The molecule has 0 atom stereocenters. The highest BCUT2D eigenvalue weighted by molar-refractivity contribution is 7.90. The van der Waals surface area contributed by atoms with Crippen LogP contribution in [0, 0.1) is 5.92 Å². The van der Waals surface area contributed by atoms with Crippen LogP contribution in [0.15, 0.2) is 23.1 Å². The average molecular weight is 289 g/mol. The van der Waals surface area contributed by atoms with Crippen LogP contribution in [0.3, 0.4) is 0 Å². The molecule has 18 heavy (non-hydrogen) atoms. The largest absolute Gasteiger partial charge is 0.324 e. The van der Waals surface area contributed by atoms with Crippen molar-refractivity contribution in [3.05, 3.63) is 23.2 Å². The Morgan fingerprint density at radius 3 is 2.61 bits per heavy atom. The van der Waals surface area contributed by atoms with Crippen molar-refractivity contribution >= 4 is 33.0 Å². The van der Waals surface area contributed by atoms with E-state index < -0.39 is 9.84 Å². The lowest BCUT2D eigenvalue weighted by Crippen LogP contribution is -2.48. The van der Waals surface area contributed by atoms with Crippen LogP contribution >= 0.6 is 11.6 Å². The maximum atomic E-state index is 11.7. The van der Waals surface area contributed by atoms with Crippen LogP contribution in [0.5, 0.6) is 0 Å². The Labute approximate surface area is 110 Å². The third-order valence-corrected chi connectivity index (χ3v) is 4.22. The zero-order valence-electron chi connectivity index (χ0n) is 9.73. The van der Waals surface area contributed by atoms with Gasteiger partial charge in [-0.3, -0.25) is 4.79 Å². The smallest absolute Gasteiger partial charge is 0.230 e. The van der Waals surface area contributed by atoms with Gasteiger partial charge in [0, 0.05) is 19.3 Å². The Morgan fingerprint density at radius 2 is 2.11 bits per heavy atom. The van der Waals surface area contributed by atoms with Gasteiger partial charge in [-0.2, -0.15) is 0 Å². The van der Waals surface area contributed by atoms with Gasteiger partial charge in [0.25, 0.3) is 0 Å². The first-order chi connectivity index (χ1) is 8.38. The van der Waals surface area contributed by atoms with Crippen LogP contribution in [0.1, 0.15) is 0 Å². The Hall–Kier alpha value is -1.11. The minimum Gasteiger partial charge on any atom is -0.324 e. The minimum atomic E-state index is -3.31. The number of nitrogens with one attached hydrogen (secondary N) is 2. The lowest BCUT2D eigenvalue weighted by atomic mass is 10.0. The molecule has 1 aliphatic rings. The van der Waals surface area contributed by atoms with Gasteiger partial charge in [-0.15, -0.1) is 0 Å². The molecule has 2 rings (SSSR count). The third-order valence-electron chi connectivity index (χ3n) is 2.78. The van der Waals surface area contributed by atoms with E-state index >= 15 is 0 Å². The summed E-state index contributed by atoms with van der Waals surface area (Å²) in [4.78, 5) is 11.9. The molecule has 0 aromatic heterocycles. The maximum absolute atomic E-state index is 11.7. The summed E-state index contributed by atoms with van der Waals surface area (Å²) >= 11 is 5.93. The van der Waals surface area contributed by atoms with Crippen LogP contribution in [0.4, 0.5) is 5.69 Å². The number of sulfone groups is 1. The van der Waals surface area contributed by atoms with Gasteiger partial charge in [0.15, 0.2) is 9.84 Å². The molecule has 1 amide bonds. The second-order valence-corrected chi connectivity index (χ2v) is 6.68. The highest BCUT2D eigenvalue weighted by atomic mass is 35.5. The van der Waals surface area contributed by atoms with E-state index in [0.717, 1.165) is 6.26 Å². The molecule has 98 valence electrons. The van der Waals surface area contributed by atoms with Crippen molar-refractivity contribution in [2.75, 3.05) is 24.7 Å². The van der Waals surface area contributed by atoms with Gasteiger partial charge in [0.2, 0.25) is 5.91 Å². The van der Waals surface area contributed by atoms with Gasteiger partial charge >= 0.3 is 0 Å². The third kappa shape index (κ3) is 2.82. The SMILES string of the molecule is CS(=O)(=O)c1ccc(Cl)c(NC(=O)C2CNC2)c1. The summed E-state index contributed by atoms with van der Waals surface area (Å²) in [6.07, 6.45) is 1.11. The first-order valence-corrected chi connectivity index (χ1v) is 7.66. The van der Waals surface area contributed by atoms with Gasteiger partial charge in [-0.05, 0) is 18.2 Å². The summed E-state index contributed by atoms with van der Waals surface area (Å²) in [5, 5.41) is 5.96.